The zero-order valence-corrected chi connectivity index (χ0v) is 15.0. The van der Waals surface area contributed by atoms with E-state index in [0.29, 0.717) is 19.6 Å². The minimum absolute atomic E-state index is 0.00128. The maximum atomic E-state index is 14.2. The Morgan fingerprint density at radius 3 is 2.42 bits per heavy atom. The Bertz CT molecular complexity index is 670. The number of hydrogen-bond donors (Lipinski definition) is 1. The van der Waals surface area contributed by atoms with Crippen LogP contribution in [0.3, 0.4) is 0 Å². The molecule has 1 amide bonds. The van der Waals surface area contributed by atoms with E-state index in [-0.39, 0.29) is 23.7 Å². The van der Waals surface area contributed by atoms with E-state index >= 15 is 0 Å². The van der Waals surface area contributed by atoms with Crippen molar-refractivity contribution >= 4 is 11.6 Å². The van der Waals surface area contributed by atoms with E-state index in [1.54, 1.807) is 4.90 Å². The first-order valence-corrected chi connectivity index (χ1v) is 9.68. The van der Waals surface area contributed by atoms with Gasteiger partial charge in [0.15, 0.2) is 0 Å². The second-order valence-corrected chi connectivity index (χ2v) is 8.09. The Morgan fingerprint density at radius 2 is 1.73 bits per heavy atom. The van der Waals surface area contributed by atoms with Gasteiger partial charge in [-0.3, -0.25) is 4.79 Å². The summed E-state index contributed by atoms with van der Waals surface area (Å²) >= 11 is 0. The van der Waals surface area contributed by atoms with Gasteiger partial charge in [-0.05, 0) is 57.1 Å². The SMILES string of the molecule is O=C1N(C2CCC(O)CC2)CCC12CCCN(c1c(F)cccc1F)C2. The number of amides is 1. The van der Waals surface area contributed by atoms with E-state index < -0.39 is 17.0 Å². The van der Waals surface area contributed by atoms with Crippen LogP contribution in [-0.4, -0.2) is 47.7 Å². The number of para-hydroxylation sites is 1. The van der Waals surface area contributed by atoms with Crippen molar-refractivity contribution in [1.82, 2.24) is 4.90 Å². The molecule has 1 unspecified atom stereocenters. The van der Waals surface area contributed by atoms with Gasteiger partial charge in [-0.25, -0.2) is 8.78 Å². The largest absolute Gasteiger partial charge is 0.393 e. The van der Waals surface area contributed by atoms with Crippen LogP contribution in [0.25, 0.3) is 0 Å². The Balaban J connectivity index is 1.53. The van der Waals surface area contributed by atoms with Gasteiger partial charge in [-0.2, -0.15) is 0 Å². The van der Waals surface area contributed by atoms with Gasteiger partial charge in [0.1, 0.15) is 17.3 Å². The predicted molar refractivity (Wildman–Crippen MR) is 94.8 cm³/mol. The van der Waals surface area contributed by atoms with Gasteiger partial charge in [-0.15, -0.1) is 0 Å². The lowest BCUT2D eigenvalue weighted by molar-refractivity contribution is -0.139. The first kappa shape index (κ1) is 17.7. The fourth-order valence-electron chi connectivity index (χ4n) is 5.06. The molecule has 26 heavy (non-hydrogen) atoms. The monoisotopic (exact) mass is 364 g/mol. The number of halogens is 2. The standard InChI is InChI=1S/C20H26F2N2O2/c21-16-3-1-4-17(22)18(16)23-11-2-9-20(13-23)10-12-24(19(20)26)14-5-7-15(25)8-6-14/h1,3-4,14-15,25H,2,5-13H2. The molecule has 1 saturated carbocycles. The van der Waals surface area contributed by atoms with Crippen LogP contribution in [0.2, 0.25) is 0 Å². The van der Waals surface area contributed by atoms with Gasteiger partial charge in [-0.1, -0.05) is 6.07 Å². The number of carbonyl (C=O) groups is 1. The molecule has 4 nitrogen and oxygen atoms in total. The van der Waals surface area contributed by atoms with Crippen molar-refractivity contribution in [2.45, 2.75) is 57.1 Å². The topological polar surface area (TPSA) is 43.8 Å². The summed E-state index contributed by atoms with van der Waals surface area (Å²) in [4.78, 5) is 17.0. The minimum Gasteiger partial charge on any atom is -0.393 e. The van der Waals surface area contributed by atoms with Crippen molar-refractivity contribution in [3.8, 4) is 0 Å². The van der Waals surface area contributed by atoms with Gasteiger partial charge in [0.25, 0.3) is 0 Å². The molecule has 0 radical (unpaired) electrons. The van der Waals surface area contributed by atoms with Gasteiger partial charge < -0.3 is 14.9 Å². The quantitative estimate of drug-likeness (QED) is 0.877. The summed E-state index contributed by atoms with van der Waals surface area (Å²) in [7, 11) is 0. The maximum absolute atomic E-state index is 14.2. The molecule has 1 aromatic carbocycles. The Labute approximate surface area is 152 Å². The fourth-order valence-corrected chi connectivity index (χ4v) is 5.06. The highest BCUT2D eigenvalue weighted by molar-refractivity contribution is 5.86. The van der Waals surface area contributed by atoms with Crippen LogP contribution in [0.15, 0.2) is 18.2 Å². The lowest BCUT2D eigenvalue weighted by Gasteiger charge is -2.41. The highest BCUT2D eigenvalue weighted by Gasteiger charge is 2.51. The molecule has 142 valence electrons. The average molecular weight is 364 g/mol. The van der Waals surface area contributed by atoms with Crippen molar-refractivity contribution < 1.29 is 18.7 Å². The van der Waals surface area contributed by atoms with Crippen molar-refractivity contribution in [3.05, 3.63) is 29.8 Å². The molecule has 2 aliphatic heterocycles. The van der Waals surface area contributed by atoms with Crippen molar-refractivity contribution in [1.29, 1.82) is 0 Å². The first-order valence-electron chi connectivity index (χ1n) is 9.68. The third kappa shape index (κ3) is 2.98. The summed E-state index contributed by atoms with van der Waals surface area (Å²) in [6.45, 7) is 1.67. The Hall–Kier alpha value is -1.69. The Morgan fingerprint density at radius 1 is 1.04 bits per heavy atom. The van der Waals surface area contributed by atoms with Crippen molar-refractivity contribution in [2.75, 3.05) is 24.5 Å². The zero-order valence-electron chi connectivity index (χ0n) is 15.0. The molecule has 1 atom stereocenters. The highest BCUT2D eigenvalue weighted by Crippen LogP contribution is 2.44. The van der Waals surface area contributed by atoms with Crippen molar-refractivity contribution in [3.63, 3.8) is 0 Å². The number of nitrogens with zero attached hydrogens (tertiary/aromatic N) is 2. The maximum Gasteiger partial charge on any atom is 0.230 e. The molecule has 3 fully saturated rings. The third-order valence-corrected chi connectivity index (χ3v) is 6.48. The molecule has 1 N–H and O–H groups in total. The second kappa shape index (κ2) is 6.80. The molecule has 1 aromatic rings. The van der Waals surface area contributed by atoms with Crippen LogP contribution < -0.4 is 4.90 Å². The molecular weight excluding hydrogens is 338 g/mol. The zero-order chi connectivity index (χ0) is 18.3. The number of aliphatic hydroxyl groups is 1. The molecule has 0 aromatic heterocycles. The second-order valence-electron chi connectivity index (χ2n) is 8.09. The van der Waals surface area contributed by atoms with E-state index in [2.05, 4.69) is 0 Å². The lowest BCUT2D eigenvalue weighted by atomic mass is 9.78. The van der Waals surface area contributed by atoms with E-state index in [9.17, 15) is 18.7 Å². The molecule has 4 rings (SSSR count). The molecule has 3 aliphatic rings. The van der Waals surface area contributed by atoms with Crippen LogP contribution in [0.4, 0.5) is 14.5 Å². The number of benzene rings is 1. The summed E-state index contributed by atoms with van der Waals surface area (Å²) in [5.41, 5.74) is -0.526. The summed E-state index contributed by atoms with van der Waals surface area (Å²) in [5.74, 6) is -0.989. The Kier molecular flexibility index (Phi) is 4.63. The highest BCUT2D eigenvalue weighted by atomic mass is 19.1. The normalized spacial score (nSPS) is 32.5. The first-order chi connectivity index (χ1) is 12.5. The van der Waals surface area contributed by atoms with E-state index in [0.717, 1.165) is 44.9 Å². The van der Waals surface area contributed by atoms with Crippen LogP contribution in [0, 0.1) is 17.0 Å². The number of rotatable bonds is 2. The lowest BCUT2D eigenvalue weighted by Crippen LogP contribution is -2.50. The van der Waals surface area contributed by atoms with Crippen molar-refractivity contribution in [2.24, 2.45) is 5.41 Å². The molecule has 6 heteroatoms. The van der Waals surface area contributed by atoms with Gasteiger partial charge in [0, 0.05) is 25.7 Å². The number of hydrogen-bond acceptors (Lipinski definition) is 3. The number of aliphatic hydroxyl groups excluding tert-OH is 1. The number of likely N-dealkylation sites (tertiary alicyclic amines) is 1. The fraction of sp³-hybridized carbons (Fsp3) is 0.650. The summed E-state index contributed by atoms with van der Waals surface area (Å²) < 4.78 is 28.4. The van der Waals surface area contributed by atoms with E-state index in [4.69, 9.17) is 0 Å². The molecule has 1 spiro atoms. The van der Waals surface area contributed by atoms with Crippen LogP contribution >= 0.6 is 0 Å². The summed E-state index contributed by atoms with van der Waals surface area (Å²) in [6.07, 6.45) is 5.22. The average Bonchev–Trinajstić information content (AvgIpc) is 2.92. The molecule has 2 heterocycles. The van der Waals surface area contributed by atoms with E-state index in [1.165, 1.54) is 18.2 Å². The number of anilines is 1. The minimum atomic E-state index is -0.564. The number of carbonyl (C=O) groups excluding carboxylic acids is 1. The van der Waals surface area contributed by atoms with Crippen LogP contribution in [-0.2, 0) is 4.79 Å². The van der Waals surface area contributed by atoms with Gasteiger partial charge in [0.2, 0.25) is 5.91 Å². The molecular formula is C20H26F2N2O2. The van der Waals surface area contributed by atoms with Crippen LogP contribution in [0.1, 0.15) is 44.9 Å². The predicted octanol–water partition coefficient (Wildman–Crippen LogP) is 3.09. The summed E-state index contributed by atoms with van der Waals surface area (Å²) in [5, 5.41) is 9.71. The van der Waals surface area contributed by atoms with E-state index in [1.807, 2.05) is 4.90 Å². The van der Waals surface area contributed by atoms with Gasteiger partial charge >= 0.3 is 0 Å². The smallest absolute Gasteiger partial charge is 0.230 e. The van der Waals surface area contributed by atoms with Crippen LogP contribution in [0.5, 0.6) is 0 Å². The third-order valence-electron chi connectivity index (χ3n) is 6.48. The molecule has 0 bridgehead atoms. The number of piperidine rings is 1. The summed E-state index contributed by atoms with van der Waals surface area (Å²) in [6, 6.07) is 4.12. The molecule has 1 aliphatic carbocycles. The van der Waals surface area contributed by atoms with Gasteiger partial charge in [0.05, 0.1) is 11.5 Å². The molecule has 2 saturated heterocycles.